The smallest absolute Gasteiger partial charge is 0.262 e. The average molecular weight is 567 g/mol. The summed E-state index contributed by atoms with van der Waals surface area (Å²) in [5, 5.41) is 0. The van der Waals surface area contributed by atoms with Crippen LogP contribution in [0.15, 0.2) is 83.7 Å². The normalized spacial score (nSPS) is 11.9. The van der Waals surface area contributed by atoms with E-state index in [1.54, 1.807) is 4.57 Å². The van der Waals surface area contributed by atoms with Gasteiger partial charge in [-0.3, -0.25) is 14.2 Å². The molecule has 0 aliphatic carbocycles. The number of ether oxygens (including phenoxy) is 1. The Morgan fingerprint density at radius 3 is 2.29 bits per heavy atom. The molecule has 7 heteroatoms. The summed E-state index contributed by atoms with van der Waals surface area (Å²) in [6.07, 6.45) is 0.628. The first kappa shape index (κ1) is 30.7. The molecule has 1 amide bonds. The maximum Gasteiger partial charge on any atom is 0.262 e. The number of nitrogens with two attached hydrogens (primary N) is 1. The molecule has 2 N–H and O–H groups in total. The Morgan fingerprint density at radius 1 is 0.976 bits per heavy atom. The van der Waals surface area contributed by atoms with Crippen molar-refractivity contribution >= 4 is 5.91 Å². The Labute approximate surface area is 249 Å². The van der Waals surface area contributed by atoms with Gasteiger partial charge in [-0.05, 0) is 63.4 Å². The zero-order valence-electron chi connectivity index (χ0n) is 25.3. The van der Waals surface area contributed by atoms with E-state index in [0.717, 1.165) is 11.1 Å². The molecular formula is C35H42N4O3. The van der Waals surface area contributed by atoms with Crippen molar-refractivity contribution in [1.29, 1.82) is 0 Å². The molecule has 0 aliphatic rings. The first-order valence-electron chi connectivity index (χ1n) is 14.7. The summed E-state index contributed by atoms with van der Waals surface area (Å²) in [4.78, 5) is 35.6. The van der Waals surface area contributed by atoms with Crippen LogP contribution in [-0.2, 0) is 6.54 Å². The van der Waals surface area contributed by atoms with Crippen LogP contribution >= 0.6 is 0 Å². The van der Waals surface area contributed by atoms with Crippen molar-refractivity contribution in [2.45, 2.75) is 53.6 Å². The van der Waals surface area contributed by atoms with Gasteiger partial charge in [-0.25, -0.2) is 4.98 Å². The Hall–Kier alpha value is -4.23. The van der Waals surface area contributed by atoms with Gasteiger partial charge in [0.05, 0.1) is 30.5 Å². The molecule has 1 heterocycles. The lowest BCUT2D eigenvalue weighted by Gasteiger charge is -2.36. The standard InChI is InChI=1S/C35H42N4O3/c1-6-42-30-16-11-10-15-29(30)31-26(5)37-33(39(35(31)41)23-27-13-8-7-9-14-27)32(24(2)3)38(22-12-21-36)34(40)28-19-17-25(4)18-20-28/h7-11,13-20,24,32H,6,12,21-23,36H2,1-5H3. The second-order valence-electron chi connectivity index (χ2n) is 10.9. The molecule has 4 rings (SSSR count). The highest BCUT2D eigenvalue weighted by atomic mass is 16.5. The number of carbonyl (C=O) groups excluding carboxylic acids is 1. The molecule has 0 spiro atoms. The fraction of sp³-hybridized carbons (Fsp3) is 0.343. The molecule has 0 fully saturated rings. The van der Waals surface area contributed by atoms with Gasteiger partial charge in [-0.2, -0.15) is 0 Å². The van der Waals surface area contributed by atoms with Crippen LogP contribution < -0.4 is 16.0 Å². The number of aromatic nitrogens is 2. The maximum atomic E-state index is 14.6. The molecule has 0 saturated carbocycles. The molecule has 4 aromatic rings. The molecule has 220 valence electrons. The SMILES string of the molecule is CCOc1ccccc1-c1c(C)nc(C(C(C)C)N(CCCN)C(=O)c2ccc(C)cc2)n(Cc2ccccc2)c1=O. The topological polar surface area (TPSA) is 90.4 Å². The number of hydrogen-bond acceptors (Lipinski definition) is 5. The third-order valence-electron chi connectivity index (χ3n) is 7.41. The van der Waals surface area contributed by atoms with Gasteiger partial charge in [0.1, 0.15) is 11.6 Å². The molecule has 0 saturated heterocycles. The number of nitrogens with zero attached hydrogens (tertiary/aromatic N) is 3. The fourth-order valence-corrected chi connectivity index (χ4v) is 5.38. The van der Waals surface area contributed by atoms with Gasteiger partial charge in [-0.1, -0.05) is 80.1 Å². The quantitative estimate of drug-likeness (QED) is 0.222. The summed E-state index contributed by atoms with van der Waals surface area (Å²) in [5.41, 5.74) is 10.2. The number of para-hydroxylation sites is 1. The molecule has 0 bridgehead atoms. The number of benzene rings is 3. The molecule has 1 atom stereocenters. The minimum Gasteiger partial charge on any atom is -0.493 e. The highest BCUT2D eigenvalue weighted by molar-refractivity contribution is 5.94. The molecule has 0 aliphatic heterocycles. The van der Waals surface area contributed by atoms with E-state index in [9.17, 15) is 9.59 Å². The number of aryl methyl sites for hydroxylation is 2. The highest BCUT2D eigenvalue weighted by Crippen LogP contribution is 2.33. The third kappa shape index (κ3) is 6.80. The van der Waals surface area contributed by atoms with Crippen molar-refractivity contribution in [3.05, 3.63) is 117 Å². The lowest BCUT2D eigenvalue weighted by atomic mass is 9.97. The largest absolute Gasteiger partial charge is 0.493 e. The van der Waals surface area contributed by atoms with Gasteiger partial charge in [0, 0.05) is 17.7 Å². The van der Waals surface area contributed by atoms with E-state index in [1.165, 1.54) is 0 Å². The summed E-state index contributed by atoms with van der Waals surface area (Å²) in [7, 11) is 0. The van der Waals surface area contributed by atoms with Crippen LogP contribution in [-0.4, -0.2) is 40.1 Å². The Bertz CT molecular complexity index is 1550. The van der Waals surface area contributed by atoms with E-state index >= 15 is 0 Å². The predicted octanol–water partition coefficient (Wildman–Crippen LogP) is 6.16. The van der Waals surface area contributed by atoms with E-state index in [-0.39, 0.29) is 17.4 Å². The number of carbonyl (C=O) groups is 1. The van der Waals surface area contributed by atoms with E-state index < -0.39 is 6.04 Å². The summed E-state index contributed by atoms with van der Waals surface area (Å²) in [6.45, 7) is 11.6. The van der Waals surface area contributed by atoms with Crippen molar-refractivity contribution in [2.75, 3.05) is 19.7 Å². The van der Waals surface area contributed by atoms with Crippen molar-refractivity contribution in [2.24, 2.45) is 11.7 Å². The van der Waals surface area contributed by atoms with Crippen LogP contribution in [0.1, 0.15) is 66.2 Å². The molecule has 42 heavy (non-hydrogen) atoms. The number of hydrogen-bond donors (Lipinski definition) is 1. The molecule has 0 radical (unpaired) electrons. The van der Waals surface area contributed by atoms with Gasteiger partial charge < -0.3 is 15.4 Å². The van der Waals surface area contributed by atoms with E-state index in [0.29, 0.717) is 66.6 Å². The van der Waals surface area contributed by atoms with Gasteiger partial charge in [0.2, 0.25) is 0 Å². The van der Waals surface area contributed by atoms with E-state index in [2.05, 4.69) is 13.8 Å². The molecular weight excluding hydrogens is 524 g/mol. The monoisotopic (exact) mass is 566 g/mol. The van der Waals surface area contributed by atoms with Gasteiger partial charge in [0.25, 0.3) is 11.5 Å². The minimum atomic E-state index is -0.461. The molecule has 7 nitrogen and oxygen atoms in total. The maximum absolute atomic E-state index is 14.6. The molecule has 3 aromatic carbocycles. The van der Waals surface area contributed by atoms with Crippen LogP contribution in [0.5, 0.6) is 5.75 Å². The first-order valence-corrected chi connectivity index (χ1v) is 14.7. The average Bonchev–Trinajstić information content (AvgIpc) is 2.98. The Kier molecular flexibility index (Phi) is 10.3. The fourth-order valence-electron chi connectivity index (χ4n) is 5.38. The summed E-state index contributed by atoms with van der Waals surface area (Å²) < 4.78 is 7.65. The predicted molar refractivity (Wildman–Crippen MR) is 169 cm³/mol. The Balaban J connectivity index is 1.96. The zero-order chi connectivity index (χ0) is 30.2. The van der Waals surface area contributed by atoms with Crippen molar-refractivity contribution in [3.63, 3.8) is 0 Å². The second kappa shape index (κ2) is 14.1. The van der Waals surface area contributed by atoms with Crippen LogP contribution in [0.4, 0.5) is 0 Å². The minimum absolute atomic E-state index is 0.0351. The van der Waals surface area contributed by atoms with Gasteiger partial charge in [0.15, 0.2) is 0 Å². The first-order chi connectivity index (χ1) is 20.3. The number of rotatable bonds is 12. The van der Waals surface area contributed by atoms with Crippen LogP contribution in [0.3, 0.4) is 0 Å². The second-order valence-corrected chi connectivity index (χ2v) is 10.9. The van der Waals surface area contributed by atoms with Crippen LogP contribution in [0, 0.1) is 19.8 Å². The molecule has 1 aromatic heterocycles. The van der Waals surface area contributed by atoms with Crippen LogP contribution in [0.25, 0.3) is 11.1 Å². The van der Waals surface area contributed by atoms with Crippen molar-refractivity contribution in [3.8, 4) is 16.9 Å². The van der Waals surface area contributed by atoms with E-state index in [4.69, 9.17) is 15.5 Å². The lowest BCUT2D eigenvalue weighted by molar-refractivity contribution is 0.0602. The number of amides is 1. The van der Waals surface area contributed by atoms with Crippen molar-refractivity contribution in [1.82, 2.24) is 14.5 Å². The van der Waals surface area contributed by atoms with E-state index in [1.807, 2.05) is 105 Å². The van der Waals surface area contributed by atoms with Gasteiger partial charge >= 0.3 is 0 Å². The van der Waals surface area contributed by atoms with Crippen molar-refractivity contribution < 1.29 is 9.53 Å². The third-order valence-corrected chi connectivity index (χ3v) is 7.41. The highest BCUT2D eigenvalue weighted by Gasteiger charge is 2.33. The summed E-state index contributed by atoms with van der Waals surface area (Å²) in [5.74, 6) is 1.06. The Morgan fingerprint density at radius 2 is 1.64 bits per heavy atom. The van der Waals surface area contributed by atoms with Crippen LogP contribution in [0.2, 0.25) is 0 Å². The lowest BCUT2D eigenvalue weighted by Crippen LogP contribution is -2.42. The molecule has 1 unspecified atom stereocenters. The van der Waals surface area contributed by atoms with Gasteiger partial charge in [-0.15, -0.1) is 0 Å². The zero-order valence-corrected chi connectivity index (χ0v) is 25.3. The summed E-state index contributed by atoms with van der Waals surface area (Å²) in [6, 6.07) is 24.6. The summed E-state index contributed by atoms with van der Waals surface area (Å²) >= 11 is 0.